The monoisotopic (exact) mass is 131 g/mol. The molecule has 0 atom stereocenters. The fourth-order valence-corrected chi connectivity index (χ4v) is 0.706. The van der Waals surface area contributed by atoms with Gasteiger partial charge in [0, 0.05) is 6.54 Å². The summed E-state index contributed by atoms with van der Waals surface area (Å²) in [5.74, 6) is 5.08. The minimum absolute atomic E-state index is 0.934. The van der Waals surface area contributed by atoms with E-state index >= 15 is 0 Å². The molecule has 56 valence electrons. The zero-order chi connectivity index (χ0) is 6.95. The van der Waals surface area contributed by atoms with Crippen LogP contribution in [-0.4, -0.2) is 20.1 Å². The van der Waals surface area contributed by atoms with Gasteiger partial charge in [0.05, 0.1) is 0 Å². The zero-order valence-corrected chi connectivity index (χ0v) is 6.11. The highest BCUT2D eigenvalue weighted by molar-refractivity contribution is 4.44. The molecule has 4 N–H and O–H groups in total. The molecule has 0 spiro atoms. The Morgan fingerprint density at radius 1 is 1.11 bits per heavy atom. The Hall–Kier alpha value is -0.120. The summed E-state index contributed by atoms with van der Waals surface area (Å²) < 4.78 is 0. The molecule has 0 amide bonds. The van der Waals surface area contributed by atoms with Gasteiger partial charge >= 0.3 is 0 Å². The molecule has 9 heavy (non-hydrogen) atoms. The Bertz CT molecular complexity index is 41.6. The normalized spacial score (nSPS) is 10.0. The summed E-state index contributed by atoms with van der Waals surface area (Å²) >= 11 is 0. The highest BCUT2D eigenvalue weighted by atomic mass is 15.2. The van der Waals surface area contributed by atoms with E-state index in [1.54, 1.807) is 0 Å². The zero-order valence-electron chi connectivity index (χ0n) is 6.11. The third-order valence-electron chi connectivity index (χ3n) is 1.25. The highest BCUT2D eigenvalue weighted by Gasteiger charge is 1.84. The van der Waals surface area contributed by atoms with Crippen molar-refractivity contribution in [1.82, 2.24) is 10.7 Å². The second kappa shape index (κ2) is 7.88. The molecule has 0 aromatic rings. The summed E-state index contributed by atoms with van der Waals surface area (Å²) in [6.45, 7) is 2.05. The molecule has 0 aliphatic heterocycles. The molecule has 0 heterocycles. The first-order valence-corrected chi connectivity index (χ1v) is 3.50. The van der Waals surface area contributed by atoms with E-state index in [0.717, 1.165) is 13.1 Å². The minimum atomic E-state index is 0.934. The van der Waals surface area contributed by atoms with Crippen LogP contribution in [0.3, 0.4) is 0 Å². The Morgan fingerprint density at radius 3 is 2.33 bits per heavy atom. The van der Waals surface area contributed by atoms with Crippen molar-refractivity contribution in [1.29, 1.82) is 0 Å². The van der Waals surface area contributed by atoms with Gasteiger partial charge in [0.25, 0.3) is 0 Å². The molecular weight excluding hydrogens is 114 g/mol. The topological polar surface area (TPSA) is 50.1 Å². The van der Waals surface area contributed by atoms with Crippen molar-refractivity contribution in [3.8, 4) is 0 Å². The van der Waals surface area contributed by atoms with Crippen LogP contribution in [0.2, 0.25) is 0 Å². The molecule has 0 aliphatic rings. The Balaban J connectivity index is 2.60. The number of hydrogen-bond donors (Lipinski definition) is 3. The van der Waals surface area contributed by atoms with Gasteiger partial charge in [-0.25, -0.2) is 0 Å². The van der Waals surface area contributed by atoms with Gasteiger partial charge in [-0.05, 0) is 26.4 Å². The highest BCUT2D eigenvalue weighted by Crippen LogP contribution is 1.90. The summed E-state index contributed by atoms with van der Waals surface area (Å²) in [7, 11) is 1.97. The van der Waals surface area contributed by atoms with Crippen molar-refractivity contribution < 1.29 is 0 Å². The predicted molar refractivity (Wildman–Crippen MR) is 40.0 cm³/mol. The largest absolute Gasteiger partial charge is 0.320 e. The summed E-state index contributed by atoms with van der Waals surface area (Å²) in [6.07, 6.45) is 3.68. The average molecular weight is 131 g/mol. The van der Waals surface area contributed by atoms with Crippen LogP contribution >= 0.6 is 0 Å². The lowest BCUT2D eigenvalue weighted by Gasteiger charge is -1.98. The fraction of sp³-hybridized carbons (Fsp3) is 1.00. The quantitative estimate of drug-likeness (QED) is 0.267. The van der Waals surface area contributed by atoms with Crippen LogP contribution in [0.25, 0.3) is 0 Å². The van der Waals surface area contributed by atoms with Gasteiger partial charge in [0.15, 0.2) is 0 Å². The van der Waals surface area contributed by atoms with Gasteiger partial charge in [-0.15, -0.1) is 0 Å². The van der Waals surface area contributed by atoms with E-state index in [2.05, 4.69) is 10.7 Å². The molecule has 0 saturated heterocycles. The summed E-state index contributed by atoms with van der Waals surface area (Å²) in [5, 5.41) is 3.09. The van der Waals surface area contributed by atoms with Crippen molar-refractivity contribution in [3.63, 3.8) is 0 Å². The van der Waals surface area contributed by atoms with Crippen molar-refractivity contribution in [2.45, 2.75) is 19.3 Å². The van der Waals surface area contributed by atoms with E-state index in [0.29, 0.717) is 0 Å². The third-order valence-corrected chi connectivity index (χ3v) is 1.25. The first-order chi connectivity index (χ1) is 4.41. The molecule has 0 aliphatic carbocycles. The number of hydrogen-bond acceptors (Lipinski definition) is 3. The Morgan fingerprint density at radius 2 is 1.78 bits per heavy atom. The van der Waals surface area contributed by atoms with Gasteiger partial charge in [0.1, 0.15) is 0 Å². The van der Waals surface area contributed by atoms with Gasteiger partial charge in [-0.2, -0.15) is 0 Å². The second-order valence-electron chi connectivity index (χ2n) is 2.12. The van der Waals surface area contributed by atoms with Crippen molar-refractivity contribution >= 4 is 0 Å². The molecule has 3 nitrogen and oxygen atoms in total. The molecule has 0 aromatic carbocycles. The van der Waals surface area contributed by atoms with Gasteiger partial charge in [-0.3, -0.25) is 11.3 Å². The van der Waals surface area contributed by atoms with Crippen LogP contribution in [0.15, 0.2) is 0 Å². The third kappa shape index (κ3) is 7.88. The maximum Gasteiger partial charge on any atom is 0.00974 e. The molecule has 3 heteroatoms. The second-order valence-corrected chi connectivity index (χ2v) is 2.12. The average Bonchev–Trinajstić information content (AvgIpc) is 1.89. The summed E-state index contributed by atoms with van der Waals surface area (Å²) in [5.41, 5.74) is 2.62. The summed E-state index contributed by atoms with van der Waals surface area (Å²) in [6, 6.07) is 0. The van der Waals surface area contributed by atoms with E-state index < -0.39 is 0 Å². The Kier molecular flexibility index (Phi) is 7.77. The van der Waals surface area contributed by atoms with Gasteiger partial charge in [-0.1, -0.05) is 6.42 Å². The lowest BCUT2D eigenvalue weighted by Crippen LogP contribution is -2.22. The lowest BCUT2D eigenvalue weighted by molar-refractivity contribution is 0.603. The molecule has 0 aromatic heterocycles. The van der Waals surface area contributed by atoms with Crippen LogP contribution in [0, 0.1) is 0 Å². The van der Waals surface area contributed by atoms with Gasteiger partial charge in [0.2, 0.25) is 0 Å². The fourth-order valence-electron chi connectivity index (χ4n) is 0.706. The summed E-state index contributed by atoms with van der Waals surface area (Å²) in [4.78, 5) is 0. The van der Waals surface area contributed by atoms with Crippen molar-refractivity contribution in [2.75, 3.05) is 20.1 Å². The predicted octanol–water partition coefficient (Wildman–Crippen LogP) is -0.161. The first kappa shape index (κ1) is 8.88. The van der Waals surface area contributed by atoms with E-state index in [9.17, 15) is 0 Å². The van der Waals surface area contributed by atoms with Crippen LogP contribution in [0.4, 0.5) is 0 Å². The number of nitrogens with two attached hydrogens (primary N) is 1. The Labute approximate surface area is 57.0 Å². The van der Waals surface area contributed by atoms with Gasteiger partial charge < -0.3 is 5.32 Å². The van der Waals surface area contributed by atoms with Crippen LogP contribution in [-0.2, 0) is 0 Å². The minimum Gasteiger partial charge on any atom is -0.320 e. The molecule has 0 unspecified atom stereocenters. The number of nitrogens with one attached hydrogen (secondary N) is 2. The molecule has 0 rings (SSSR count). The van der Waals surface area contributed by atoms with Crippen molar-refractivity contribution in [2.24, 2.45) is 5.84 Å². The maximum atomic E-state index is 5.08. The molecule has 0 radical (unpaired) electrons. The number of unbranched alkanes of at least 4 members (excludes halogenated alkanes) is 2. The smallest absolute Gasteiger partial charge is 0.00974 e. The molecule has 0 bridgehead atoms. The standard InChI is InChI=1S/C6H17N3/c1-8-5-3-2-4-6-9-7/h8-9H,2-7H2,1H3. The van der Waals surface area contributed by atoms with Crippen LogP contribution < -0.4 is 16.6 Å². The molecular formula is C6H17N3. The van der Waals surface area contributed by atoms with Crippen molar-refractivity contribution in [3.05, 3.63) is 0 Å². The SMILES string of the molecule is CNCCCCCNN. The van der Waals surface area contributed by atoms with E-state index in [-0.39, 0.29) is 0 Å². The number of hydrazine groups is 1. The number of rotatable bonds is 6. The van der Waals surface area contributed by atoms with E-state index in [1.807, 2.05) is 7.05 Å². The molecule has 0 saturated carbocycles. The van der Waals surface area contributed by atoms with E-state index in [1.165, 1.54) is 19.3 Å². The van der Waals surface area contributed by atoms with Crippen LogP contribution in [0.1, 0.15) is 19.3 Å². The molecule has 0 fully saturated rings. The maximum absolute atomic E-state index is 5.08. The lowest BCUT2D eigenvalue weighted by atomic mass is 10.2. The van der Waals surface area contributed by atoms with Crippen LogP contribution in [0.5, 0.6) is 0 Å². The van der Waals surface area contributed by atoms with E-state index in [4.69, 9.17) is 5.84 Å². The first-order valence-electron chi connectivity index (χ1n) is 3.50.